The molecule has 3 heteroatoms. The molecule has 0 bridgehead atoms. The smallest absolute Gasteiger partial charge is 0.119 e. The van der Waals surface area contributed by atoms with Gasteiger partial charge in [0.25, 0.3) is 0 Å². The molecule has 0 amide bonds. The first kappa shape index (κ1) is 18.1. The molecular weight excluding hydrogens is 334 g/mol. The van der Waals surface area contributed by atoms with Gasteiger partial charge in [-0.2, -0.15) is 0 Å². The minimum absolute atomic E-state index is 0. The van der Waals surface area contributed by atoms with E-state index in [2.05, 4.69) is 59.7 Å². The number of benzene rings is 1. The Kier molecular flexibility index (Phi) is 6.56. The summed E-state index contributed by atoms with van der Waals surface area (Å²) in [5.41, 5.74) is 0. The van der Waals surface area contributed by atoms with Gasteiger partial charge in [0.15, 0.2) is 0 Å². The molecule has 1 nitrogen and oxygen atoms in total. The van der Waals surface area contributed by atoms with Crippen molar-refractivity contribution in [2.45, 2.75) is 51.9 Å². The van der Waals surface area contributed by atoms with E-state index < -0.39 is 0 Å². The van der Waals surface area contributed by atoms with E-state index in [1.807, 2.05) is 6.07 Å². The first-order valence-electron chi connectivity index (χ1n) is 6.10. The maximum atomic E-state index is 5.34. The largest absolute Gasteiger partial charge is 0.497 e. The first-order chi connectivity index (χ1) is 7.66. The minimum Gasteiger partial charge on any atom is -0.497 e. The van der Waals surface area contributed by atoms with Crippen LogP contribution in [0.5, 0.6) is 5.75 Å². The normalized spacial score (nSPS) is 12.2. The Hall–Kier alpha value is 0.112. The Morgan fingerprint density at radius 3 is 1.83 bits per heavy atom. The standard InChI is InChI=1S/C15H25OP.Pd/c1-14(2,3)17(15(4,5)6)13-10-8-9-12(11-13)16-7;/h8-11H,1-7H3;. The van der Waals surface area contributed by atoms with Gasteiger partial charge >= 0.3 is 0 Å². The molecule has 0 unspecified atom stereocenters. The van der Waals surface area contributed by atoms with Crippen molar-refractivity contribution in [3.63, 3.8) is 0 Å². The molecule has 1 aromatic rings. The Bertz CT molecular complexity index is 363. The zero-order valence-corrected chi connectivity index (χ0v) is 14.9. The first-order valence-corrected chi connectivity index (χ1v) is 7.45. The van der Waals surface area contributed by atoms with E-state index >= 15 is 0 Å². The summed E-state index contributed by atoms with van der Waals surface area (Å²) in [4.78, 5) is 0. The molecule has 0 spiro atoms. The van der Waals surface area contributed by atoms with Crippen LogP contribution in [0.1, 0.15) is 41.5 Å². The zero-order valence-electron chi connectivity index (χ0n) is 12.5. The molecule has 0 N–H and O–H groups in total. The summed E-state index contributed by atoms with van der Waals surface area (Å²) in [5.74, 6) is 0.962. The number of hydrogen-bond donors (Lipinski definition) is 0. The molecule has 18 heavy (non-hydrogen) atoms. The second kappa shape index (κ2) is 6.52. The molecule has 0 aromatic heterocycles. The summed E-state index contributed by atoms with van der Waals surface area (Å²) in [5, 5.41) is 2.04. The molecule has 0 heterocycles. The van der Waals surface area contributed by atoms with Crippen LogP contribution >= 0.6 is 7.92 Å². The van der Waals surface area contributed by atoms with Crippen molar-refractivity contribution in [1.29, 1.82) is 0 Å². The van der Waals surface area contributed by atoms with E-state index in [4.69, 9.17) is 4.74 Å². The number of hydrogen-bond acceptors (Lipinski definition) is 1. The van der Waals surface area contributed by atoms with Crippen LogP contribution in [0.2, 0.25) is 0 Å². The van der Waals surface area contributed by atoms with Crippen LogP contribution in [0.15, 0.2) is 24.3 Å². The molecule has 0 fully saturated rings. The summed E-state index contributed by atoms with van der Waals surface area (Å²) in [6, 6.07) is 8.55. The number of methoxy groups -OCH3 is 1. The fraction of sp³-hybridized carbons (Fsp3) is 0.600. The molecule has 0 atom stereocenters. The van der Waals surface area contributed by atoms with Gasteiger partial charge < -0.3 is 4.74 Å². The molecule has 0 aliphatic heterocycles. The monoisotopic (exact) mass is 358 g/mol. The Labute approximate surface area is 127 Å². The molecule has 106 valence electrons. The number of ether oxygens (including phenoxy) is 1. The Morgan fingerprint density at radius 2 is 1.44 bits per heavy atom. The average molecular weight is 359 g/mol. The van der Waals surface area contributed by atoms with E-state index in [0.29, 0.717) is 10.3 Å². The van der Waals surface area contributed by atoms with Crippen LogP contribution in [0.25, 0.3) is 0 Å². The summed E-state index contributed by atoms with van der Waals surface area (Å²) in [7, 11) is 1.49. The van der Waals surface area contributed by atoms with Gasteiger partial charge in [-0.1, -0.05) is 61.6 Å². The van der Waals surface area contributed by atoms with E-state index in [1.54, 1.807) is 7.11 Å². The van der Waals surface area contributed by atoms with Crippen molar-refractivity contribution in [2.75, 3.05) is 7.11 Å². The van der Waals surface area contributed by atoms with Gasteiger partial charge in [-0.05, 0) is 27.7 Å². The molecule has 1 rings (SSSR count). The molecule has 0 saturated heterocycles. The quantitative estimate of drug-likeness (QED) is 0.562. The summed E-state index contributed by atoms with van der Waals surface area (Å²) >= 11 is 0. The van der Waals surface area contributed by atoms with Gasteiger partial charge in [0, 0.05) is 20.4 Å². The summed E-state index contributed by atoms with van der Waals surface area (Å²) < 4.78 is 5.34. The maximum absolute atomic E-state index is 5.34. The van der Waals surface area contributed by atoms with E-state index in [-0.39, 0.29) is 28.3 Å². The van der Waals surface area contributed by atoms with Gasteiger partial charge in [0.1, 0.15) is 5.75 Å². The molecule has 0 radical (unpaired) electrons. The maximum Gasteiger partial charge on any atom is 0.119 e. The molecule has 0 aliphatic carbocycles. The van der Waals surface area contributed by atoms with Gasteiger partial charge in [0.2, 0.25) is 0 Å². The molecule has 0 aliphatic rings. The van der Waals surface area contributed by atoms with E-state index in [1.165, 1.54) is 5.30 Å². The minimum atomic E-state index is -0.240. The van der Waals surface area contributed by atoms with Crippen LogP contribution in [0.4, 0.5) is 0 Å². The van der Waals surface area contributed by atoms with Crippen molar-refractivity contribution < 1.29 is 25.2 Å². The van der Waals surface area contributed by atoms with Crippen molar-refractivity contribution >= 4 is 13.2 Å². The van der Waals surface area contributed by atoms with Crippen LogP contribution in [0, 0.1) is 0 Å². The Morgan fingerprint density at radius 1 is 0.944 bits per heavy atom. The average Bonchev–Trinajstić information content (AvgIpc) is 2.13. The second-order valence-corrected chi connectivity index (χ2v) is 10.2. The van der Waals surface area contributed by atoms with Crippen molar-refractivity contribution in [1.82, 2.24) is 0 Å². The Balaban J connectivity index is 0.00000289. The molecule has 0 saturated carbocycles. The van der Waals surface area contributed by atoms with Crippen LogP contribution in [-0.4, -0.2) is 17.4 Å². The third-order valence-electron chi connectivity index (χ3n) is 2.65. The van der Waals surface area contributed by atoms with Gasteiger partial charge in [-0.3, -0.25) is 0 Å². The topological polar surface area (TPSA) is 9.23 Å². The fourth-order valence-corrected chi connectivity index (χ4v) is 6.58. The third kappa shape index (κ3) is 4.66. The second-order valence-electron chi connectivity index (χ2n) is 6.38. The van der Waals surface area contributed by atoms with Crippen molar-refractivity contribution in [3.8, 4) is 5.75 Å². The van der Waals surface area contributed by atoms with Gasteiger partial charge in [-0.15, -0.1) is 0 Å². The van der Waals surface area contributed by atoms with E-state index in [9.17, 15) is 0 Å². The molecular formula is C15H25OPPd. The zero-order chi connectivity index (χ0) is 13.3. The van der Waals surface area contributed by atoms with Crippen molar-refractivity contribution in [2.24, 2.45) is 0 Å². The summed E-state index contributed by atoms with van der Waals surface area (Å²) in [6.45, 7) is 14.0. The van der Waals surface area contributed by atoms with Crippen molar-refractivity contribution in [3.05, 3.63) is 24.3 Å². The predicted molar refractivity (Wildman–Crippen MR) is 79.1 cm³/mol. The van der Waals surface area contributed by atoms with E-state index in [0.717, 1.165) is 5.75 Å². The fourth-order valence-electron chi connectivity index (χ4n) is 2.53. The summed E-state index contributed by atoms with van der Waals surface area (Å²) in [6.07, 6.45) is 0. The predicted octanol–water partition coefficient (Wildman–Crippen LogP) is 4.40. The SMILES string of the molecule is COc1cccc(P(C(C)(C)C)C(C)(C)C)c1.[Pd]. The molecule has 1 aromatic carbocycles. The number of rotatable bonds is 2. The van der Waals surface area contributed by atoms with Crippen LogP contribution < -0.4 is 10.0 Å². The van der Waals surface area contributed by atoms with Crippen LogP contribution in [0.3, 0.4) is 0 Å². The third-order valence-corrected chi connectivity index (χ3v) is 6.13. The van der Waals surface area contributed by atoms with Gasteiger partial charge in [-0.25, -0.2) is 0 Å². The van der Waals surface area contributed by atoms with Gasteiger partial charge in [0.05, 0.1) is 7.11 Å². The van der Waals surface area contributed by atoms with Crippen LogP contribution in [-0.2, 0) is 20.4 Å².